The van der Waals surface area contributed by atoms with Gasteiger partial charge in [0.1, 0.15) is 0 Å². The highest BCUT2D eigenvalue weighted by molar-refractivity contribution is 7.80. The van der Waals surface area contributed by atoms with Crippen LogP contribution in [0.3, 0.4) is 0 Å². The van der Waals surface area contributed by atoms with Gasteiger partial charge in [-0.05, 0) is 128 Å². The van der Waals surface area contributed by atoms with E-state index in [9.17, 15) is 0 Å². The molecule has 3 aromatic rings. The van der Waals surface area contributed by atoms with Crippen molar-refractivity contribution in [1.82, 2.24) is 5.32 Å². The number of benzene rings is 3. The van der Waals surface area contributed by atoms with E-state index in [1.807, 2.05) is 0 Å². The summed E-state index contributed by atoms with van der Waals surface area (Å²) in [6, 6.07) is 17.8. The van der Waals surface area contributed by atoms with Crippen molar-refractivity contribution < 1.29 is 0 Å². The van der Waals surface area contributed by atoms with E-state index < -0.39 is 0 Å². The molecule has 1 atom stereocenters. The maximum absolute atomic E-state index is 5.59. The highest BCUT2D eigenvalue weighted by Gasteiger charge is 2.12. The Labute approximate surface area is 218 Å². The molecule has 3 rings (SSSR count). The Morgan fingerprint density at radius 2 is 1.43 bits per heavy atom. The van der Waals surface area contributed by atoms with Crippen LogP contribution >= 0.6 is 12.2 Å². The minimum atomic E-state index is 0.650. The highest BCUT2D eigenvalue weighted by Crippen LogP contribution is 2.32. The molecule has 0 radical (unpaired) electrons. The van der Waals surface area contributed by atoms with E-state index in [-0.39, 0.29) is 0 Å². The van der Waals surface area contributed by atoms with Crippen LogP contribution in [0.2, 0.25) is 0 Å². The standard InChI is InChI=1S/C32H42N2S/c1-20(2)13-21(3)16-27-9-11-29(12-10-27)34-32(35)33-19-28-17-24(6)30(18-23(28)5)31-25(7)14-22(4)15-26(31)8/h9-12,14-15,17-18,20-21H,13,16,19H2,1-8H3,(H2,33,34,35). The van der Waals surface area contributed by atoms with E-state index in [0.29, 0.717) is 17.6 Å². The Kier molecular flexibility index (Phi) is 9.13. The van der Waals surface area contributed by atoms with Crippen LogP contribution in [-0.2, 0) is 13.0 Å². The van der Waals surface area contributed by atoms with Crippen LogP contribution < -0.4 is 10.6 Å². The maximum atomic E-state index is 5.59. The zero-order chi connectivity index (χ0) is 25.7. The van der Waals surface area contributed by atoms with Crippen molar-refractivity contribution in [2.75, 3.05) is 5.32 Å². The van der Waals surface area contributed by atoms with Gasteiger partial charge in [-0.15, -0.1) is 0 Å². The van der Waals surface area contributed by atoms with Crippen LogP contribution in [0.15, 0.2) is 48.5 Å². The molecular weight excluding hydrogens is 444 g/mol. The van der Waals surface area contributed by atoms with Crippen LogP contribution in [0.4, 0.5) is 5.69 Å². The monoisotopic (exact) mass is 486 g/mol. The summed E-state index contributed by atoms with van der Waals surface area (Å²) >= 11 is 5.59. The molecular formula is C32H42N2S. The Hall–Kier alpha value is -2.65. The van der Waals surface area contributed by atoms with Crippen LogP contribution in [0.25, 0.3) is 11.1 Å². The lowest BCUT2D eigenvalue weighted by Gasteiger charge is -2.18. The first-order valence-corrected chi connectivity index (χ1v) is 13.3. The number of aryl methyl sites for hydroxylation is 5. The fourth-order valence-corrected chi connectivity index (χ4v) is 5.50. The van der Waals surface area contributed by atoms with Gasteiger partial charge < -0.3 is 10.6 Å². The number of hydrogen-bond acceptors (Lipinski definition) is 1. The van der Waals surface area contributed by atoms with Gasteiger partial charge in [0.05, 0.1) is 0 Å². The van der Waals surface area contributed by atoms with Crippen LogP contribution in [0.1, 0.15) is 66.1 Å². The molecule has 0 aliphatic rings. The summed E-state index contributed by atoms with van der Waals surface area (Å²) in [5.74, 6) is 1.45. The topological polar surface area (TPSA) is 24.1 Å². The molecule has 2 N–H and O–H groups in total. The molecule has 0 heterocycles. The normalized spacial score (nSPS) is 12.0. The molecule has 0 fully saturated rings. The number of thiocarbonyl (C=S) groups is 1. The summed E-state index contributed by atoms with van der Waals surface area (Å²) in [6.07, 6.45) is 2.38. The molecule has 0 aliphatic heterocycles. The minimum absolute atomic E-state index is 0.650. The van der Waals surface area contributed by atoms with Crippen molar-refractivity contribution in [3.63, 3.8) is 0 Å². The first kappa shape index (κ1) is 26.9. The second-order valence-electron chi connectivity index (χ2n) is 10.8. The Morgan fingerprint density at radius 1 is 0.800 bits per heavy atom. The second-order valence-corrected chi connectivity index (χ2v) is 11.2. The molecule has 186 valence electrons. The van der Waals surface area contributed by atoms with Crippen LogP contribution in [0, 0.1) is 46.5 Å². The highest BCUT2D eigenvalue weighted by atomic mass is 32.1. The fourth-order valence-electron chi connectivity index (χ4n) is 5.31. The van der Waals surface area contributed by atoms with Crippen molar-refractivity contribution in [2.24, 2.45) is 11.8 Å². The van der Waals surface area contributed by atoms with E-state index in [1.165, 1.54) is 56.5 Å². The summed E-state index contributed by atoms with van der Waals surface area (Å²) in [6.45, 7) is 18.6. The van der Waals surface area contributed by atoms with E-state index in [4.69, 9.17) is 12.2 Å². The molecule has 1 unspecified atom stereocenters. The first-order chi connectivity index (χ1) is 16.5. The molecule has 3 heteroatoms. The van der Waals surface area contributed by atoms with Crippen molar-refractivity contribution in [1.29, 1.82) is 0 Å². The molecule has 0 aliphatic carbocycles. The third-order valence-electron chi connectivity index (χ3n) is 6.74. The van der Waals surface area contributed by atoms with E-state index in [0.717, 1.165) is 18.0 Å². The quantitative estimate of drug-likeness (QED) is 0.312. The van der Waals surface area contributed by atoms with E-state index >= 15 is 0 Å². The van der Waals surface area contributed by atoms with Crippen LogP contribution in [0.5, 0.6) is 0 Å². The maximum Gasteiger partial charge on any atom is 0.171 e. The Balaban J connectivity index is 1.62. The van der Waals surface area contributed by atoms with Crippen molar-refractivity contribution >= 4 is 23.0 Å². The lowest BCUT2D eigenvalue weighted by Crippen LogP contribution is -2.28. The zero-order valence-corrected chi connectivity index (χ0v) is 23.6. The summed E-state index contributed by atoms with van der Waals surface area (Å²) < 4.78 is 0. The Morgan fingerprint density at radius 3 is 2.03 bits per heavy atom. The molecule has 0 amide bonds. The third-order valence-corrected chi connectivity index (χ3v) is 6.98. The Bertz CT molecular complexity index is 1150. The minimum Gasteiger partial charge on any atom is -0.358 e. The van der Waals surface area contributed by atoms with Gasteiger partial charge in [-0.2, -0.15) is 0 Å². The molecule has 0 bridgehead atoms. The average Bonchev–Trinajstić information content (AvgIpc) is 2.75. The van der Waals surface area contributed by atoms with Gasteiger partial charge in [-0.1, -0.05) is 62.7 Å². The molecule has 35 heavy (non-hydrogen) atoms. The SMILES string of the molecule is Cc1cc(C)c(-c2cc(C)c(CNC(=S)Nc3ccc(CC(C)CC(C)C)cc3)cc2C)c(C)c1. The molecule has 0 saturated carbocycles. The first-order valence-electron chi connectivity index (χ1n) is 12.9. The molecule has 3 aromatic carbocycles. The number of hydrogen-bond donors (Lipinski definition) is 2. The van der Waals surface area contributed by atoms with Crippen LogP contribution in [-0.4, -0.2) is 5.11 Å². The van der Waals surface area contributed by atoms with Gasteiger partial charge in [0.15, 0.2) is 5.11 Å². The smallest absolute Gasteiger partial charge is 0.171 e. The van der Waals surface area contributed by atoms with Crippen molar-refractivity contribution in [3.8, 4) is 11.1 Å². The van der Waals surface area contributed by atoms with E-state index in [2.05, 4.69) is 115 Å². The fraction of sp³-hybridized carbons (Fsp3) is 0.406. The van der Waals surface area contributed by atoms with Gasteiger partial charge in [-0.3, -0.25) is 0 Å². The predicted molar refractivity (Wildman–Crippen MR) is 157 cm³/mol. The summed E-state index contributed by atoms with van der Waals surface area (Å²) in [5, 5.41) is 7.38. The predicted octanol–water partition coefficient (Wildman–Crippen LogP) is 8.61. The van der Waals surface area contributed by atoms with Crippen molar-refractivity contribution in [3.05, 3.63) is 87.5 Å². The van der Waals surface area contributed by atoms with Gasteiger partial charge in [0.25, 0.3) is 0 Å². The summed E-state index contributed by atoms with van der Waals surface area (Å²) in [4.78, 5) is 0. The van der Waals surface area contributed by atoms with Gasteiger partial charge in [0.2, 0.25) is 0 Å². The van der Waals surface area contributed by atoms with E-state index in [1.54, 1.807) is 0 Å². The third kappa shape index (κ3) is 7.41. The van der Waals surface area contributed by atoms with Gasteiger partial charge in [-0.25, -0.2) is 0 Å². The molecule has 2 nitrogen and oxygen atoms in total. The van der Waals surface area contributed by atoms with Crippen molar-refractivity contribution in [2.45, 2.75) is 74.8 Å². The zero-order valence-electron chi connectivity index (χ0n) is 22.8. The van der Waals surface area contributed by atoms with Gasteiger partial charge in [0, 0.05) is 12.2 Å². The second kappa shape index (κ2) is 11.9. The lowest BCUT2D eigenvalue weighted by atomic mass is 9.89. The lowest BCUT2D eigenvalue weighted by molar-refractivity contribution is 0.437. The number of anilines is 1. The molecule has 0 saturated heterocycles. The number of rotatable bonds is 8. The largest absolute Gasteiger partial charge is 0.358 e. The molecule has 0 aromatic heterocycles. The average molecular weight is 487 g/mol. The number of nitrogens with one attached hydrogen (secondary N) is 2. The van der Waals surface area contributed by atoms with Gasteiger partial charge >= 0.3 is 0 Å². The molecule has 0 spiro atoms. The summed E-state index contributed by atoms with van der Waals surface area (Å²) in [7, 11) is 0. The summed E-state index contributed by atoms with van der Waals surface area (Å²) in [5.41, 5.74) is 12.9.